The number of aromatic nitrogens is 2. The van der Waals surface area contributed by atoms with Crippen LogP contribution in [0.2, 0.25) is 0 Å². The third kappa shape index (κ3) is 4.07. The lowest BCUT2D eigenvalue weighted by molar-refractivity contribution is -0.117. The van der Waals surface area contributed by atoms with Crippen molar-refractivity contribution in [1.29, 1.82) is 0 Å². The van der Waals surface area contributed by atoms with Gasteiger partial charge in [0.05, 0.1) is 17.6 Å². The number of hydrogen-bond donors (Lipinski definition) is 0. The Labute approximate surface area is 203 Å². The van der Waals surface area contributed by atoms with Crippen molar-refractivity contribution in [3.8, 4) is 17.2 Å². The summed E-state index contributed by atoms with van der Waals surface area (Å²) in [4.78, 5) is 19.8. The molecule has 7 heteroatoms. The second kappa shape index (κ2) is 8.98. The first-order valence-electron chi connectivity index (χ1n) is 12.1. The van der Waals surface area contributed by atoms with Gasteiger partial charge in [0.2, 0.25) is 12.7 Å². The maximum atomic E-state index is 13.0. The van der Waals surface area contributed by atoms with Crippen molar-refractivity contribution in [1.82, 2.24) is 9.55 Å². The zero-order valence-electron chi connectivity index (χ0n) is 19.6. The number of amides is 1. The molecule has 3 heterocycles. The quantitative estimate of drug-likeness (QED) is 0.384. The SMILES string of the molecule is CCc1ccc(OCCn2c(C3CC(=O)N(c4ccc5c(c4)OCO5)C3)nc3ccccc32)cc1. The third-order valence-corrected chi connectivity index (χ3v) is 6.76. The highest BCUT2D eigenvalue weighted by Gasteiger charge is 2.35. The van der Waals surface area contributed by atoms with E-state index in [9.17, 15) is 4.79 Å². The molecule has 1 fully saturated rings. The summed E-state index contributed by atoms with van der Waals surface area (Å²) in [5.74, 6) is 3.24. The molecule has 3 aromatic carbocycles. The number of aryl methyl sites for hydroxylation is 1. The monoisotopic (exact) mass is 469 g/mol. The molecular weight excluding hydrogens is 442 g/mol. The smallest absolute Gasteiger partial charge is 0.231 e. The van der Waals surface area contributed by atoms with Crippen LogP contribution in [0.5, 0.6) is 17.2 Å². The average Bonchev–Trinajstić information content (AvgIpc) is 3.61. The van der Waals surface area contributed by atoms with Gasteiger partial charge in [0, 0.05) is 30.6 Å². The van der Waals surface area contributed by atoms with Crippen LogP contribution in [0, 0.1) is 0 Å². The Morgan fingerprint density at radius 2 is 1.86 bits per heavy atom. The number of nitrogens with zero attached hydrogens (tertiary/aromatic N) is 3. The van der Waals surface area contributed by atoms with E-state index in [4.69, 9.17) is 19.2 Å². The number of benzene rings is 3. The number of hydrogen-bond acceptors (Lipinski definition) is 5. The molecule has 0 bridgehead atoms. The number of ether oxygens (including phenoxy) is 3. The molecule has 0 aliphatic carbocycles. The van der Waals surface area contributed by atoms with Gasteiger partial charge >= 0.3 is 0 Å². The minimum absolute atomic E-state index is 0.0100. The van der Waals surface area contributed by atoms with Crippen molar-refractivity contribution in [2.24, 2.45) is 0 Å². The van der Waals surface area contributed by atoms with Gasteiger partial charge in [-0.25, -0.2) is 4.98 Å². The van der Waals surface area contributed by atoms with Gasteiger partial charge in [-0.3, -0.25) is 4.79 Å². The van der Waals surface area contributed by atoms with Gasteiger partial charge < -0.3 is 23.7 Å². The van der Waals surface area contributed by atoms with E-state index in [1.54, 1.807) is 0 Å². The number of fused-ring (bicyclic) bond motifs is 2. The Balaban J connectivity index is 1.23. The normalized spacial score (nSPS) is 16.9. The van der Waals surface area contributed by atoms with E-state index in [2.05, 4.69) is 29.7 Å². The van der Waals surface area contributed by atoms with E-state index in [1.807, 2.05) is 53.4 Å². The van der Waals surface area contributed by atoms with E-state index in [0.29, 0.717) is 37.6 Å². The Morgan fingerprint density at radius 3 is 2.71 bits per heavy atom. The summed E-state index contributed by atoms with van der Waals surface area (Å²) in [5.41, 5.74) is 4.10. The van der Waals surface area contributed by atoms with Crippen LogP contribution in [-0.4, -0.2) is 35.4 Å². The van der Waals surface area contributed by atoms with Gasteiger partial charge in [-0.1, -0.05) is 31.2 Å². The number of carbonyl (C=O) groups excluding carboxylic acids is 1. The maximum absolute atomic E-state index is 13.0. The molecule has 2 aliphatic heterocycles. The van der Waals surface area contributed by atoms with Gasteiger partial charge in [-0.2, -0.15) is 0 Å². The van der Waals surface area contributed by atoms with E-state index < -0.39 is 0 Å². The van der Waals surface area contributed by atoms with Crippen LogP contribution < -0.4 is 19.1 Å². The first kappa shape index (κ1) is 21.5. The molecular formula is C28H27N3O4. The van der Waals surface area contributed by atoms with Crippen LogP contribution >= 0.6 is 0 Å². The minimum Gasteiger partial charge on any atom is -0.492 e. The summed E-state index contributed by atoms with van der Waals surface area (Å²) >= 11 is 0. The van der Waals surface area contributed by atoms with Crippen molar-refractivity contribution >= 4 is 22.6 Å². The van der Waals surface area contributed by atoms with Crippen LogP contribution in [0.3, 0.4) is 0 Å². The molecule has 7 nitrogen and oxygen atoms in total. The molecule has 1 atom stereocenters. The van der Waals surface area contributed by atoms with Crippen LogP contribution in [-0.2, 0) is 17.8 Å². The maximum Gasteiger partial charge on any atom is 0.231 e. The van der Waals surface area contributed by atoms with E-state index in [-0.39, 0.29) is 18.6 Å². The van der Waals surface area contributed by atoms with E-state index >= 15 is 0 Å². The Kier molecular flexibility index (Phi) is 5.52. The first-order chi connectivity index (χ1) is 17.2. The predicted octanol–water partition coefficient (Wildman–Crippen LogP) is 4.93. The Bertz CT molecular complexity index is 1380. The molecule has 1 amide bonds. The summed E-state index contributed by atoms with van der Waals surface area (Å²) in [7, 11) is 0. The molecule has 0 radical (unpaired) electrons. The molecule has 2 aliphatic rings. The summed E-state index contributed by atoms with van der Waals surface area (Å²) in [5, 5.41) is 0. The zero-order chi connectivity index (χ0) is 23.8. The molecule has 1 saturated heterocycles. The number of rotatable bonds is 7. The Morgan fingerprint density at radius 1 is 1.03 bits per heavy atom. The molecule has 0 N–H and O–H groups in total. The van der Waals surface area contributed by atoms with E-state index in [0.717, 1.165) is 34.7 Å². The second-order valence-electron chi connectivity index (χ2n) is 8.90. The molecule has 178 valence electrons. The fourth-order valence-corrected chi connectivity index (χ4v) is 4.90. The largest absolute Gasteiger partial charge is 0.492 e. The lowest BCUT2D eigenvalue weighted by atomic mass is 10.1. The Hall–Kier alpha value is -4.00. The fourth-order valence-electron chi connectivity index (χ4n) is 4.90. The van der Waals surface area contributed by atoms with Crippen LogP contribution in [0.1, 0.15) is 30.7 Å². The minimum atomic E-state index is -0.0100. The molecule has 1 unspecified atom stereocenters. The molecule has 6 rings (SSSR count). The van der Waals surface area contributed by atoms with Crippen LogP contribution in [0.25, 0.3) is 11.0 Å². The molecule has 4 aromatic rings. The summed E-state index contributed by atoms with van der Waals surface area (Å²) < 4.78 is 19.2. The topological polar surface area (TPSA) is 65.8 Å². The molecule has 1 aromatic heterocycles. The predicted molar refractivity (Wildman–Crippen MR) is 133 cm³/mol. The number of carbonyl (C=O) groups is 1. The van der Waals surface area contributed by atoms with Gasteiger partial charge in [0.25, 0.3) is 0 Å². The lowest BCUT2D eigenvalue weighted by Gasteiger charge is -2.18. The van der Waals surface area contributed by atoms with E-state index in [1.165, 1.54) is 5.56 Å². The highest BCUT2D eigenvalue weighted by Crippen LogP contribution is 2.39. The molecule has 0 saturated carbocycles. The summed E-state index contributed by atoms with van der Waals surface area (Å²) in [6, 6.07) is 22.0. The molecule has 0 spiro atoms. The second-order valence-corrected chi connectivity index (χ2v) is 8.90. The average molecular weight is 470 g/mol. The number of para-hydroxylation sites is 2. The van der Waals surface area contributed by atoms with Crippen LogP contribution in [0.4, 0.5) is 5.69 Å². The van der Waals surface area contributed by atoms with Crippen molar-refractivity contribution in [3.05, 3.63) is 78.1 Å². The van der Waals surface area contributed by atoms with Crippen molar-refractivity contribution in [2.75, 3.05) is 24.8 Å². The van der Waals surface area contributed by atoms with Crippen LogP contribution in [0.15, 0.2) is 66.7 Å². The summed E-state index contributed by atoms with van der Waals surface area (Å²) in [6.07, 6.45) is 1.42. The number of imidazole rings is 1. The first-order valence-corrected chi connectivity index (χ1v) is 12.1. The third-order valence-electron chi connectivity index (χ3n) is 6.76. The number of anilines is 1. The van der Waals surface area contributed by atoms with Gasteiger partial charge in [-0.05, 0) is 48.4 Å². The van der Waals surface area contributed by atoms with Crippen molar-refractivity contribution < 1.29 is 19.0 Å². The zero-order valence-corrected chi connectivity index (χ0v) is 19.6. The van der Waals surface area contributed by atoms with Gasteiger partial charge in [-0.15, -0.1) is 0 Å². The lowest BCUT2D eigenvalue weighted by Crippen LogP contribution is -2.24. The van der Waals surface area contributed by atoms with Gasteiger partial charge in [0.15, 0.2) is 11.5 Å². The van der Waals surface area contributed by atoms with Crippen molar-refractivity contribution in [3.63, 3.8) is 0 Å². The highest BCUT2D eigenvalue weighted by molar-refractivity contribution is 5.97. The fraction of sp³-hybridized carbons (Fsp3) is 0.286. The summed E-state index contributed by atoms with van der Waals surface area (Å²) in [6.45, 7) is 4.10. The highest BCUT2D eigenvalue weighted by atomic mass is 16.7. The van der Waals surface area contributed by atoms with Crippen molar-refractivity contribution in [2.45, 2.75) is 32.2 Å². The molecule has 35 heavy (non-hydrogen) atoms. The van der Waals surface area contributed by atoms with Gasteiger partial charge in [0.1, 0.15) is 18.2 Å². The standard InChI is InChI=1S/C28H27N3O4/c1-2-19-7-10-22(11-8-19)33-14-13-30-24-6-4-3-5-23(24)29-28(30)20-15-27(32)31(17-20)21-9-12-25-26(16-21)35-18-34-25/h3-12,16,20H,2,13-15,17-18H2,1H3.